The SMILES string of the molecule is CNC(c1ccc(Br)c(Cl)c1)c1ccncc1F. The Morgan fingerprint density at radius 2 is 2.17 bits per heavy atom. The van der Waals surface area contributed by atoms with Gasteiger partial charge in [-0.2, -0.15) is 0 Å². The highest BCUT2D eigenvalue weighted by Gasteiger charge is 2.16. The standard InChI is InChI=1S/C13H11BrClFN2/c1-17-13(9-4-5-18-7-12(9)16)8-2-3-10(14)11(15)6-8/h2-7,13,17H,1H3. The van der Waals surface area contributed by atoms with Crippen molar-refractivity contribution in [2.24, 2.45) is 0 Å². The van der Waals surface area contributed by atoms with Crippen molar-refractivity contribution in [3.8, 4) is 0 Å². The van der Waals surface area contributed by atoms with Gasteiger partial charge in [0.05, 0.1) is 17.3 Å². The molecule has 1 heterocycles. The van der Waals surface area contributed by atoms with E-state index >= 15 is 0 Å². The monoisotopic (exact) mass is 328 g/mol. The van der Waals surface area contributed by atoms with Crippen LogP contribution in [0.15, 0.2) is 41.1 Å². The van der Waals surface area contributed by atoms with Gasteiger partial charge < -0.3 is 5.32 Å². The maximum Gasteiger partial charge on any atom is 0.146 e. The van der Waals surface area contributed by atoms with Gasteiger partial charge in [-0.1, -0.05) is 17.7 Å². The van der Waals surface area contributed by atoms with E-state index in [1.165, 1.54) is 6.20 Å². The van der Waals surface area contributed by atoms with Gasteiger partial charge in [0.25, 0.3) is 0 Å². The molecule has 0 aliphatic carbocycles. The highest BCUT2D eigenvalue weighted by molar-refractivity contribution is 9.10. The summed E-state index contributed by atoms with van der Waals surface area (Å²) in [7, 11) is 1.78. The second-order valence-corrected chi connectivity index (χ2v) is 5.05. The predicted octanol–water partition coefficient (Wildman–Crippen LogP) is 3.95. The van der Waals surface area contributed by atoms with E-state index in [0.29, 0.717) is 10.6 Å². The van der Waals surface area contributed by atoms with Crippen LogP contribution in [-0.4, -0.2) is 12.0 Å². The Kier molecular flexibility index (Phi) is 4.32. The van der Waals surface area contributed by atoms with Gasteiger partial charge in [0.2, 0.25) is 0 Å². The van der Waals surface area contributed by atoms with Crippen molar-refractivity contribution in [2.75, 3.05) is 7.05 Å². The van der Waals surface area contributed by atoms with Gasteiger partial charge in [-0.3, -0.25) is 4.98 Å². The topological polar surface area (TPSA) is 24.9 Å². The first-order valence-electron chi connectivity index (χ1n) is 5.35. The second kappa shape index (κ2) is 5.78. The Balaban J connectivity index is 2.45. The molecule has 0 fully saturated rings. The number of aromatic nitrogens is 1. The molecule has 94 valence electrons. The third kappa shape index (κ3) is 2.71. The normalized spacial score (nSPS) is 12.4. The highest BCUT2D eigenvalue weighted by Crippen LogP contribution is 2.29. The van der Waals surface area contributed by atoms with E-state index < -0.39 is 0 Å². The van der Waals surface area contributed by atoms with Crippen molar-refractivity contribution in [3.63, 3.8) is 0 Å². The molecule has 2 nitrogen and oxygen atoms in total. The maximum atomic E-state index is 13.7. The molecule has 0 aliphatic heterocycles. The Hall–Kier alpha value is -0.970. The summed E-state index contributed by atoms with van der Waals surface area (Å²) in [5, 5.41) is 3.68. The van der Waals surface area contributed by atoms with Crippen molar-refractivity contribution in [3.05, 3.63) is 63.1 Å². The molecule has 0 aliphatic rings. The van der Waals surface area contributed by atoms with E-state index in [0.717, 1.165) is 10.0 Å². The molecule has 1 atom stereocenters. The molecule has 1 aromatic carbocycles. The van der Waals surface area contributed by atoms with Crippen LogP contribution < -0.4 is 5.32 Å². The van der Waals surface area contributed by atoms with E-state index in [1.807, 2.05) is 18.2 Å². The number of benzene rings is 1. The summed E-state index contributed by atoms with van der Waals surface area (Å²) in [5.74, 6) is -0.337. The van der Waals surface area contributed by atoms with E-state index in [-0.39, 0.29) is 11.9 Å². The molecule has 2 rings (SSSR count). The lowest BCUT2D eigenvalue weighted by molar-refractivity contribution is 0.571. The molecule has 5 heteroatoms. The third-order valence-electron chi connectivity index (χ3n) is 2.68. The average molecular weight is 330 g/mol. The molecule has 2 aromatic rings. The van der Waals surface area contributed by atoms with Crippen molar-refractivity contribution in [2.45, 2.75) is 6.04 Å². The van der Waals surface area contributed by atoms with E-state index in [2.05, 4.69) is 26.2 Å². The summed E-state index contributed by atoms with van der Waals surface area (Å²) < 4.78 is 14.6. The molecule has 0 saturated carbocycles. The summed E-state index contributed by atoms with van der Waals surface area (Å²) in [6, 6.07) is 6.97. The lowest BCUT2D eigenvalue weighted by atomic mass is 9.99. The summed E-state index contributed by atoms with van der Waals surface area (Å²) >= 11 is 9.40. The van der Waals surface area contributed by atoms with Gasteiger partial charge in [0, 0.05) is 16.2 Å². The van der Waals surface area contributed by atoms with Gasteiger partial charge >= 0.3 is 0 Å². The van der Waals surface area contributed by atoms with Crippen molar-refractivity contribution in [1.29, 1.82) is 0 Å². The van der Waals surface area contributed by atoms with Gasteiger partial charge in [0.15, 0.2) is 0 Å². The zero-order chi connectivity index (χ0) is 13.1. The number of pyridine rings is 1. The molecule has 0 bridgehead atoms. The number of hydrogen-bond donors (Lipinski definition) is 1. The first kappa shape index (κ1) is 13.5. The average Bonchev–Trinajstić information content (AvgIpc) is 2.37. The fourth-order valence-electron chi connectivity index (χ4n) is 1.81. The number of nitrogens with zero attached hydrogens (tertiary/aromatic N) is 1. The summed E-state index contributed by atoms with van der Waals surface area (Å²) in [4.78, 5) is 3.75. The van der Waals surface area contributed by atoms with Crippen LogP contribution >= 0.6 is 27.5 Å². The number of halogens is 3. The Morgan fingerprint density at radius 1 is 1.39 bits per heavy atom. The molecule has 0 amide bonds. The fraction of sp³-hybridized carbons (Fsp3) is 0.154. The molecular formula is C13H11BrClFN2. The molecule has 1 aromatic heterocycles. The van der Waals surface area contributed by atoms with Gasteiger partial charge in [-0.05, 0) is 46.7 Å². The minimum Gasteiger partial charge on any atom is -0.309 e. The number of hydrogen-bond acceptors (Lipinski definition) is 2. The van der Waals surface area contributed by atoms with E-state index in [1.54, 1.807) is 19.3 Å². The Labute approximate surface area is 118 Å². The first-order chi connectivity index (χ1) is 8.63. The van der Waals surface area contributed by atoms with Crippen molar-refractivity contribution >= 4 is 27.5 Å². The second-order valence-electron chi connectivity index (χ2n) is 3.79. The predicted molar refractivity (Wildman–Crippen MR) is 74.2 cm³/mol. The van der Waals surface area contributed by atoms with Crippen LogP contribution in [0.5, 0.6) is 0 Å². The summed E-state index contributed by atoms with van der Waals surface area (Å²) in [6.45, 7) is 0. The molecule has 0 spiro atoms. The van der Waals surface area contributed by atoms with Gasteiger partial charge in [-0.25, -0.2) is 4.39 Å². The molecule has 1 N–H and O–H groups in total. The zero-order valence-electron chi connectivity index (χ0n) is 9.62. The molecule has 0 radical (unpaired) electrons. The van der Waals surface area contributed by atoms with Crippen LogP contribution in [0.3, 0.4) is 0 Å². The first-order valence-corrected chi connectivity index (χ1v) is 6.52. The molecule has 18 heavy (non-hydrogen) atoms. The minimum atomic E-state index is -0.337. The van der Waals surface area contributed by atoms with Crippen molar-refractivity contribution in [1.82, 2.24) is 10.3 Å². The van der Waals surface area contributed by atoms with Crippen LogP contribution in [0.1, 0.15) is 17.2 Å². The quantitative estimate of drug-likeness (QED) is 0.922. The van der Waals surface area contributed by atoms with E-state index in [9.17, 15) is 4.39 Å². The molecular weight excluding hydrogens is 319 g/mol. The smallest absolute Gasteiger partial charge is 0.146 e. The van der Waals surface area contributed by atoms with Gasteiger partial charge in [0.1, 0.15) is 5.82 Å². The van der Waals surface area contributed by atoms with Crippen LogP contribution in [0.25, 0.3) is 0 Å². The number of nitrogens with one attached hydrogen (secondary N) is 1. The Bertz CT molecular complexity index is 562. The molecule has 1 unspecified atom stereocenters. The van der Waals surface area contributed by atoms with Crippen LogP contribution in [0, 0.1) is 5.82 Å². The van der Waals surface area contributed by atoms with Crippen LogP contribution in [-0.2, 0) is 0 Å². The van der Waals surface area contributed by atoms with E-state index in [4.69, 9.17) is 11.6 Å². The lowest BCUT2D eigenvalue weighted by Gasteiger charge is -2.18. The van der Waals surface area contributed by atoms with Crippen LogP contribution in [0.2, 0.25) is 5.02 Å². The summed E-state index contributed by atoms with van der Waals surface area (Å²) in [6.07, 6.45) is 2.78. The number of rotatable bonds is 3. The lowest BCUT2D eigenvalue weighted by Crippen LogP contribution is -2.19. The zero-order valence-corrected chi connectivity index (χ0v) is 12.0. The summed E-state index contributed by atoms with van der Waals surface area (Å²) in [5.41, 5.74) is 1.45. The third-order valence-corrected chi connectivity index (χ3v) is 3.91. The van der Waals surface area contributed by atoms with Crippen LogP contribution in [0.4, 0.5) is 4.39 Å². The largest absolute Gasteiger partial charge is 0.309 e. The maximum absolute atomic E-state index is 13.7. The highest BCUT2D eigenvalue weighted by atomic mass is 79.9. The van der Waals surface area contributed by atoms with Crippen molar-refractivity contribution < 1.29 is 4.39 Å². The minimum absolute atomic E-state index is 0.251. The molecule has 0 saturated heterocycles. The van der Waals surface area contributed by atoms with Gasteiger partial charge in [-0.15, -0.1) is 0 Å². The fourth-order valence-corrected chi connectivity index (χ4v) is 2.25. The Morgan fingerprint density at radius 3 is 2.78 bits per heavy atom.